The fraction of sp³-hybridized carbons (Fsp3) is 0.379. The van der Waals surface area contributed by atoms with Gasteiger partial charge in [0, 0.05) is 23.4 Å². The summed E-state index contributed by atoms with van der Waals surface area (Å²) in [6.45, 7) is 6.25. The molecule has 0 atom stereocenters. The number of hydrogen-bond donors (Lipinski definition) is 1. The Morgan fingerprint density at radius 2 is 1.65 bits per heavy atom. The number of hydrogen-bond acceptors (Lipinski definition) is 7. The van der Waals surface area contributed by atoms with Crippen LogP contribution in [0.5, 0.6) is 17.2 Å². The molecule has 8 heteroatoms. The number of fused-ring (bicyclic) bond motifs is 3. The Balaban J connectivity index is 2.09. The molecule has 8 nitrogen and oxygen atoms in total. The highest BCUT2D eigenvalue weighted by Gasteiger charge is 2.34. The summed E-state index contributed by atoms with van der Waals surface area (Å²) in [5.74, 6) is 0.606. The van der Waals surface area contributed by atoms with E-state index < -0.39 is 5.97 Å². The highest BCUT2D eigenvalue weighted by atomic mass is 16.5. The van der Waals surface area contributed by atoms with Crippen molar-refractivity contribution < 1.29 is 33.6 Å². The fourth-order valence-corrected chi connectivity index (χ4v) is 5.17. The molecule has 1 N–H and O–H groups in total. The van der Waals surface area contributed by atoms with Crippen LogP contribution in [0.3, 0.4) is 0 Å². The third kappa shape index (κ3) is 4.63. The number of carbonyl (C=O) groups is 2. The molecule has 3 aromatic rings. The van der Waals surface area contributed by atoms with Gasteiger partial charge in [0.25, 0.3) is 0 Å². The normalized spacial score (nSPS) is 11.9. The average Bonchev–Trinajstić information content (AvgIpc) is 3.23. The first-order valence-corrected chi connectivity index (χ1v) is 12.3. The third-order valence-corrected chi connectivity index (χ3v) is 6.89. The molecule has 1 aliphatic rings. The first kappa shape index (κ1) is 26.1. The third-order valence-electron chi connectivity index (χ3n) is 6.89. The predicted molar refractivity (Wildman–Crippen MR) is 140 cm³/mol. The highest BCUT2D eigenvalue weighted by Crippen LogP contribution is 2.46. The number of benzene rings is 2. The number of nitrogens with zero attached hydrogens (tertiary/aromatic N) is 1. The largest absolute Gasteiger partial charge is 0.507 e. The summed E-state index contributed by atoms with van der Waals surface area (Å²) in [6.07, 6.45) is 1.23. The molecule has 2 heterocycles. The van der Waals surface area contributed by atoms with Gasteiger partial charge in [-0.25, -0.2) is 4.79 Å². The van der Waals surface area contributed by atoms with Gasteiger partial charge in [0.15, 0.2) is 11.5 Å². The summed E-state index contributed by atoms with van der Waals surface area (Å²) < 4.78 is 23.7. The number of esters is 2. The second kappa shape index (κ2) is 10.6. The monoisotopic (exact) mass is 507 g/mol. The minimum absolute atomic E-state index is 0.157. The molecule has 4 rings (SSSR count). The smallest absolute Gasteiger partial charge is 0.340 e. The van der Waals surface area contributed by atoms with E-state index in [1.165, 1.54) is 7.11 Å². The number of phenols is 1. The molecule has 1 aromatic heterocycles. The molecule has 196 valence electrons. The predicted octanol–water partition coefficient (Wildman–Crippen LogP) is 5.00. The molecule has 0 saturated heterocycles. The lowest BCUT2D eigenvalue weighted by Gasteiger charge is -2.24. The molecule has 0 saturated carbocycles. The summed E-state index contributed by atoms with van der Waals surface area (Å²) in [5.41, 5.74) is 6.74. The van der Waals surface area contributed by atoms with Crippen molar-refractivity contribution in [2.45, 2.75) is 46.6 Å². The van der Waals surface area contributed by atoms with E-state index in [4.69, 9.17) is 18.9 Å². The number of aromatic hydroxyl groups is 1. The van der Waals surface area contributed by atoms with Crippen LogP contribution in [0.25, 0.3) is 22.4 Å². The van der Waals surface area contributed by atoms with Crippen molar-refractivity contribution in [3.8, 4) is 39.6 Å². The number of aryl methyl sites for hydroxylation is 3. The lowest BCUT2D eigenvalue weighted by Crippen LogP contribution is -2.16. The Labute approximate surface area is 216 Å². The summed E-state index contributed by atoms with van der Waals surface area (Å²) in [7, 11) is 4.54. The van der Waals surface area contributed by atoms with Crippen LogP contribution in [0.1, 0.15) is 46.1 Å². The van der Waals surface area contributed by atoms with E-state index in [0.717, 1.165) is 28.1 Å². The zero-order valence-electron chi connectivity index (χ0n) is 22.2. The molecule has 0 spiro atoms. The minimum atomic E-state index is -0.448. The summed E-state index contributed by atoms with van der Waals surface area (Å²) >= 11 is 0. The molecule has 2 aromatic carbocycles. The van der Waals surface area contributed by atoms with Crippen LogP contribution in [0.4, 0.5) is 0 Å². The van der Waals surface area contributed by atoms with E-state index in [-0.39, 0.29) is 24.7 Å². The van der Waals surface area contributed by atoms with Crippen molar-refractivity contribution in [1.82, 2.24) is 4.57 Å². The number of phenolic OH excluding ortho intramolecular Hbond substituents is 1. The van der Waals surface area contributed by atoms with Crippen LogP contribution < -0.4 is 9.47 Å². The van der Waals surface area contributed by atoms with Crippen molar-refractivity contribution in [3.63, 3.8) is 0 Å². The summed E-state index contributed by atoms with van der Waals surface area (Å²) in [4.78, 5) is 25.8. The van der Waals surface area contributed by atoms with Crippen LogP contribution >= 0.6 is 0 Å². The Morgan fingerprint density at radius 1 is 1.00 bits per heavy atom. The number of methoxy groups -OCH3 is 3. The molecule has 37 heavy (non-hydrogen) atoms. The lowest BCUT2D eigenvalue weighted by atomic mass is 9.92. The molecule has 0 aliphatic carbocycles. The molecule has 0 amide bonds. The standard InChI is InChI=1S/C29H33NO7/c1-7-37-29(33)26-25(19-12-16(2)28(32)17(3)13-19)21(8-9-24(31)36-6)30-11-10-18-14-22(34-4)23(35-5)15-20(18)27(26)30/h12-15,32H,7-11H2,1-6H3. The molecule has 1 aliphatic heterocycles. The van der Waals surface area contributed by atoms with E-state index in [0.29, 0.717) is 53.1 Å². The quantitative estimate of drug-likeness (QED) is 0.429. The summed E-state index contributed by atoms with van der Waals surface area (Å²) in [5, 5.41) is 10.4. The van der Waals surface area contributed by atoms with Crippen molar-refractivity contribution in [2.75, 3.05) is 27.9 Å². The van der Waals surface area contributed by atoms with Crippen molar-refractivity contribution in [3.05, 3.63) is 52.2 Å². The number of carbonyl (C=O) groups excluding carboxylic acids is 2. The van der Waals surface area contributed by atoms with Crippen molar-refractivity contribution in [1.29, 1.82) is 0 Å². The van der Waals surface area contributed by atoms with E-state index in [1.54, 1.807) is 21.1 Å². The van der Waals surface area contributed by atoms with Gasteiger partial charge in [0.2, 0.25) is 0 Å². The molecule has 0 fully saturated rings. The second-order valence-electron chi connectivity index (χ2n) is 9.07. The van der Waals surface area contributed by atoms with Crippen LogP contribution in [-0.2, 0) is 33.7 Å². The van der Waals surface area contributed by atoms with Crippen molar-refractivity contribution >= 4 is 11.9 Å². The first-order chi connectivity index (χ1) is 17.7. The molecule has 0 bridgehead atoms. The maximum Gasteiger partial charge on any atom is 0.340 e. The van der Waals surface area contributed by atoms with Crippen LogP contribution in [0, 0.1) is 13.8 Å². The lowest BCUT2D eigenvalue weighted by molar-refractivity contribution is -0.140. The van der Waals surface area contributed by atoms with E-state index >= 15 is 0 Å². The van der Waals surface area contributed by atoms with E-state index in [2.05, 4.69) is 4.57 Å². The SMILES string of the molecule is CCOC(=O)c1c(-c2cc(C)c(O)c(C)c2)c(CCC(=O)OC)n2c1-c1cc(OC)c(OC)cc1CC2. The van der Waals surface area contributed by atoms with E-state index in [9.17, 15) is 14.7 Å². The molecular formula is C29H33NO7. The van der Waals surface area contributed by atoms with Crippen LogP contribution in [-0.4, -0.2) is 49.5 Å². The molecular weight excluding hydrogens is 474 g/mol. The van der Waals surface area contributed by atoms with E-state index in [1.807, 2.05) is 38.1 Å². The van der Waals surface area contributed by atoms with Gasteiger partial charge >= 0.3 is 11.9 Å². The van der Waals surface area contributed by atoms with Gasteiger partial charge in [-0.2, -0.15) is 0 Å². The van der Waals surface area contributed by atoms with Gasteiger partial charge in [-0.3, -0.25) is 4.79 Å². The average molecular weight is 508 g/mol. The zero-order valence-corrected chi connectivity index (χ0v) is 22.2. The van der Waals surface area contributed by atoms with Crippen molar-refractivity contribution in [2.24, 2.45) is 0 Å². The maximum atomic E-state index is 13.6. The Morgan fingerprint density at radius 3 is 2.24 bits per heavy atom. The zero-order chi connectivity index (χ0) is 26.9. The van der Waals surface area contributed by atoms with Gasteiger partial charge < -0.3 is 28.6 Å². The van der Waals surface area contributed by atoms with Gasteiger partial charge in [0.05, 0.1) is 45.6 Å². The maximum absolute atomic E-state index is 13.6. The second-order valence-corrected chi connectivity index (χ2v) is 9.07. The number of rotatable bonds is 8. The summed E-state index contributed by atoms with van der Waals surface area (Å²) in [6, 6.07) is 7.57. The van der Waals surface area contributed by atoms with Gasteiger partial charge in [0.1, 0.15) is 5.75 Å². The Hall–Kier alpha value is -3.94. The van der Waals surface area contributed by atoms with Crippen LogP contribution in [0.15, 0.2) is 24.3 Å². The molecule has 0 unspecified atom stereocenters. The minimum Gasteiger partial charge on any atom is -0.507 e. The highest BCUT2D eigenvalue weighted by molar-refractivity contribution is 6.06. The topological polar surface area (TPSA) is 96.2 Å². The van der Waals surface area contributed by atoms with Gasteiger partial charge in [-0.05, 0) is 80.1 Å². The fourth-order valence-electron chi connectivity index (χ4n) is 5.17. The van der Waals surface area contributed by atoms with Gasteiger partial charge in [-0.15, -0.1) is 0 Å². The van der Waals surface area contributed by atoms with Gasteiger partial charge in [-0.1, -0.05) is 0 Å². The first-order valence-electron chi connectivity index (χ1n) is 12.3. The molecule has 0 radical (unpaired) electrons. The number of ether oxygens (including phenoxy) is 4. The van der Waals surface area contributed by atoms with Crippen LogP contribution in [0.2, 0.25) is 0 Å². The Kier molecular flexibility index (Phi) is 7.47. The number of aromatic nitrogens is 1. The Bertz CT molecular complexity index is 1350.